The van der Waals surface area contributed by atoms with Crippen LogP contribution in [-0.2, 0) is 0 Å². The van der Waals surface area contributed by atoms with Crippen LogP contribution in [0, 0.1) is 5.82 Å². The van der Waals surface area contributed by atoms with Gasteiger partial charge < -0.3 is 5.32 Å². The Labute approximate surface area is 153 Å². The summed E-state index contributed by atoms with van der Waals surface area (Å²) in [6.45, 7) is 0. The number of nitrogens with one attached hydrogen (secondary N) is 1. The van der Waals surface area contributed by atoms with Crippen LogP contribution in [0.15, 0.2) is 66.9 Å². The third kappa shape index (κ3) is 2.95. The van der Waals surface area contributed by atoms with Gasteiger partial charge in [-0.3, -0.25) is 19.4 Å². The van der Waals surface area contributed by atoms with Gasteiger partial charge in [-0.05, 0) is 48.5 Å². The predicted octanol–water partition coefficient (Wildman–Crippen LogP) is 3.27. The summed E-state index contributed by atoms with van der Waals surface area (Å²) in [5, 5.41) is 2.63. The zero-order chi connectivity index (χ0) is 19.0. The maximum absolute atomic E-state index is 13.3. The molecule has 1 N–H and O–H groups in total. The van der Waals surface area contributed by atoms with Gasteiger partial charge in [-0.2, -0.15) is 0 Å². The number of rotatable bonds is 3. The topological polar surface area (TPSA) is 79.4 Å². The van der Waals surface area contributed by atoms with Crippen molar-refractivity contribution in [3.63, 3.8) is 0 Å². The first kappa shape index (κ1) is 16.6. The Morgan fingerprint density at radius 3 is 2.56 bits per heavy atom. The lowest BCUT2D eigenvalue weighted by molar-refractivity contribution is 0.0923. The Balaban J connectivity index is 1.61. The summed E-state index contributed by atoms with van der Waals surface area (Å²) in [4.78, 5) is 42.3. The molecule has 2 aromatic carbocycles. The van der Waals surface area contributed by atoms with Gasteiger partial charge in [-0.25, -0.2) is 9.29 Å². The minimum Gasteiger partial charge on any atom is -0.322 e. The van der Waals surface area contributed by atoms with E-state index in [1.54, 1.807) is 24.3 Å². The molecule has 0 saturated heterocycles. The second-order valence-corrected chi connectivity index (χ2v) is 5.86. The van der Waals surface area contributed by atoms with E-state index in [0.717, 1.165) is 11.0 Å². The molecule has 6 nitrogen and oxygen atoms in total. The van der Waals surface area contributed by atoms with Crippen molar-refractivity contribution in [3.8, 4) is 0 Å². The van der Waals surface area contributed by atoms with Gasteiger partial charge in [0.2, 0.25) is 0 Å². The normalized spacial score (nSPS) is 12.9. The van der Waals surface area contributed by atoms with Gasteiger partial charge in [0.15, 0.2) is 0 Å². The molecule has 0 bridgehead atoms. The molecule has 1 aromatic heterocycles. The molecule has 27 heavy (non-hydrogen) atoms. The second-order valence-electron chi connectivity index (χ2n) is 5.86. The number of carbonyl (C=O) groups excluding carboxylic acids is 3. The molecule has 3 amide bonds. The van der Waals surface area contributed by atoms with E-state index in [0.29, 0.717) is 11.4 Å². The van der Waals surface area contributed by atoms with Crippen LogP contribution < -0.4 is 10.2 Å². The van der Waals surface area contributed by atoms with E-state index in [4.69, 9.17) is 0 Å². The van der Waals surface area contributed by atoms with Crippen molar-refractivity contribution in [2.24, 2.45) is 0 Å². The van der Waals surface area contributed by atoms with Gasteiger partial charge in [0.05, 0.1) is 11.3 Å². The van der Waals surface area contributed by atoms with Crippen molar-refractivity contribution < 1.29 is 18.8 Å². The Morgan fingerprint density at radius 1 is 0.963 bits per heavy atom. The molecule has 1 aliphatic rings. The molecule has 2 heterocycles. The number of carbonyl (C=O) groups is 3. The van der Waals surface area contributed by atoms with E-state index in [1.807, 2.05) is 0 Å². The molecule has 4 rings (SSSR count). The number of amides is 3. The van der Waals surface area contributed by atoms with Gasteiger partial charge in [0.1, 0.15) is 11.5 Å². The standard InChI is InChI=1S/C20H12FN3O3/c21-13-5-1-4-12(10-13)18(25)23-14-6-2-7-15(11-14)24-19(26)16-8-3-9-22-17(16)20(24)27/h1-11H,(H,23,25). The van der Waals surface area contributed by atoms with E-state index in [-0.39, 0.29) is 16.8 Å². The van der Waals surface area contributed by atoms with Gasteiger partial charge >= 0.3 is 0 Å². The third-order valence-corrected chi connectivity index (χ3v) is 4.10. The van der Waals surface area contributed by atoms with Crippen molar-refractivity contribution >= 4 is 29.1 Å². The molecular formula is C20H12FN3O3. The number of hydrogen-bond acceptors (Lipinski definition) is 4. The number of halogens is 1. The Hall–Kier alpha value is -3.87. The third-order valence-electron chi connectivity index (χ3n) is 4.10. The summed E-state index contributed by atoms with van der Waals surface area (Å²) in [5.41, 5.74) is 1.16. The zero-order valence-electron chi connectivity index (χ0n) is 13.8. The highest BCUT2D eigenvalue weighted by Crippen LogP contribution is 2.28. The molecule has 7 heteroatoms. The van der Waals surface area contributed by atoms with Crippen LogP contribution in [0.25, 0.3) is 0 Å². The van der Waals surface area contributed by atoms with Gasteiger partial charge in [0, 0.05) is 17.4 Å². The highest BCUT2D eigenvalue weighted by atomic mass is 19.1. The van der Waals surface area contributed by atoms with E-state index in [1.165, 1.54) is 36.5 Å². The quantitative estimate of drug-likeness (QED) is 0.726. The molecule has 1 aliphatic heterocycles. The van der Waals surface area contributed by atoms with Crippen LogP contribution in [0.5, 0.6) is 0 Å². The lowest BCUT2D eigenvalue weighted by Gasteiger charge is -2.15. The first-order chi connectivity index (χ1) is 13.0. The predicted molar refractivity (Wildman–Crippen MR) is 96.2 cm³/mol. The van der Waals surface area contributed by atoms with Crippen molar-refractivity contribution in [2.75, 3.05) is 10.2 Å². The average Bonchev–Trinajstić information content (AvgIpc) is 2.93. The molecule has 0 saturated carbocycles. The van der Waals surface area contributed by atoms with Gasteiger partial charge in [0.25, 0.3) is 17.7 Å². The lowest BCUT2D eigenvalue weighted by atomic mass is 10.2. The van der Waals surface area contributed by atoms with Crippen molar-refractivity contribution in [2.45, 2.75) is 0 Å². The number of nitrogens with zero attached hydrogens (tertiary/aromatic N) is 2. The fourth-order valence-corrected chi connectivity index (χ4v) is 2.86. The average molecular weight is 361 g/mol. The summed E-state index contributed by atoms with van der Waals surface area (Å²) >= 11 is 0. The number of pyridine rings is 1. The molecule has 0 unspecified atom stereocenters. The summed E-state index contributed by atoms with van der Waals surface area (Å²) < 4.78 is 13.3. The smallest absolute Gasteiger partial charge is 0.284 e. The van der Waals surface area contributed by atoms with Crippen LogP contribution in [0.4, 0.5) is 15.8 Å². The molecule has 0 fully saturated rings. The van der Waals surface area contributed by atoms with E-state index < -0.39 is 23.5 Å². The Kier molecular flexibility index (Phi) is 3.97. The zero-order valence-corrected chi connectivity index (χ0v) is 13.8. The van der Waals surface area contributed by atoms with E-state index in [2.05, 4.69) is 10.3 Å². The van der Waals surface area contributed by atoms with Crippen LogP contribution in [0.2, 0.25) is 0 Å². The molecule has 132 valence electrons. The highest BCUT2D eigenvalue weighted by Gasteiger charge is 2.37. The molecule has 0 atom stereocenters. The summed E-state index contributed by atoms with van der Waals surface area (Å²) in [6.07, 6.45) is 1.45. The molecule has 0 spiro atoms. The fraction of sp³-hybridized carbons (Fsp3) is 0. The first-order valence-corrected chi connectivity index (χ1v) is 8.05. The lowest BCUT2D eigenvalue weighted by Crippen LogP contribution is -2.29. The first-order valence-electron chi connectivity index (χ1n) is 8.05. The number of aromatic nitrogens is 1. The van der Waals surface area contributed by atoms with E-state index in [9.17, 15) is 18.8 Å². The molecule has 3 aromatic rings. The minimum atomic E-state index is -0.524. The second kappa shape index (κ2) is 6.45. The number of benzene rings is 2. The van der Waals surface area contributed by atoms with Crippen LogP contribution in [-0.4, -0.2) is 22.7 Å². The van der Waals surface area contributed by atoms with Crippen LogP contribution in [0.3, 0.4) is 0 Å². The number of imide groups is 1. The van der Waals surface area contributed by atoms with Crippen LogP contribution in [0.1, 0.15) is 31.2 Å². The molecule has 0 radical (unpaired) electrons. The van der Waals surface area contributed by atoms with Crippen molar-refractivity contribution in [1.29, 1.82) is 0 Å². The Bertz CT molecular complexity index is 1060. The van der Waals surface area contributed by atoms with Gasteiger partial charge in [-0.15, -0.1) is 0 Å². The summed E-state index contributed by atoms with van der Waals surface area (Å²) in [5.74, 6) is -2.02. The van der Waals surface area contributed by atoms with Gasteiger partial charge in [-0.1, -0.05) is 12.1 Å². The molecule has 0 aliphatic carbocycles. The maximum Gasteiger partial charge on any atom is 0.284 e. The maximum atomic E-state index is 13.3. The highest BCUT2D eigenvalue weighted by molar-refractivity contribution is 6.33. The van der Waals surface area contributed by atoms with Crippen LogP contribution >= 0.6 is 0 Å². The number of fused-ring (bicyclic) bond motifs is 1. The van der Waals surface area contributed by atoms with Crippen molar-refractivity contribution in [1.82, 2.24) is 4.98 Å². The number of hydrogen-bond donors (Lipinski definition) is 1. The largest absolute Gasteiger partial charge is 0.322 e. The monoisotopic (exact) mass is 361 g/mol. The molecular weight excluding hydrogens is 349 g/mol. The van der Waals surface area contributed by atoms with E-state index >= 15 is 0 Å². The minimum absolute atomic E-state index is 0.0942. The Morgan fingerprint density at radius 2 is 1.78 bits per heavy atom. The fourth-order valence-electron chi connectivity index (χ4n) is 2.86. The summed E-state index contributed by atoms with van der Waals surface area (Å²) in [7, 11) is 0. The SMILES string of the molecule is O=C(Nc1cccc(N2C(=O)c3cccnc3C2=O)c1)c1cccc(F)c1. The summed E-state index contributed by atoms with van der Waals surface area (Å²) in [6, 6.07) is 14.7. The van der Waals surface area contributed by atoms with Crippen molar-refractivity contribution in [3.05, 3.63) is 89.5 Å². The number of anilines is 2.